The Labute approximate surface area is 130 Å². The van der Waals surface area contributed by atoms with Crippen LogP contribution >= 0.6 is 0 Å². The van der Waals surface area contributed by atoms with E-state index in [1.165, 1.54) is 37.7 Å². The zero-order valence-corrected chi connectivity index (χ0v) is 13.6. The highest BCUT2D eigenvalue weighted by atomic mass is 16.5. The Hall–Kier alpha value is -0.860. The maximum Gasteiger partial charge on any atom is 0.0576 e. The molecule has 0 saturated carbocycles. The molecule has 1 aromatic carbocycles. The predicted octanol–water partition coefficient (Wildman–Crippen LogP) is 4.49. The Kier molecular flexibility index (Phi) is 6.72. The lowest BCUT2D eigenvalue weighted by molar-refractivity contribution is 0.101. The molecule has 0 spiro atoms. The lowest BCUT2D eigenvalue weighted by Gasteiger charge is -2.30. The highest BCUT2D eigenvalue weighted by Gasteiger charge is 2.25. The molecule has 1 heterocycles. The minimum absolute atomic E-state index is 0.253. The van der Waals surface area contributed by atoms with Crippen LogP contribution in [0.1, 0.15) is 63.9 Å². The van der Waals surface area contributed by atoms with E-state index in [0.29, 0.717) is 17.9 Å². The molecule has 1 fully saturated rings. The summed E-state index contributed by atoms with van der Waals surface area (Å²) in [7, 11) is 0. The van der Waals surface area contributed by atoms with Crippen molar-refractivity contribution in [3.05, 3.63) is 35.9 Å². The second kappa shape index (κ2) is 8.55. The third kappa shape index (κ3) is 4.82. The van der Waals surface area contributed by atoms with Gasteiger partial charge in [0, 0.05) is 18.6 Å². The topological polar surface area (TPSA) is 35.2 Å². The molecular formula is C19H31NO. The average Bonchev–Trinajstić information content (AvgIpc) is 3.01. The van der Waals surface area contributed by atoms with E-state index in [1.54, 1.807) is 0 Å². The highest BCUT2D eigenvalue weighted by molar-refractivity contribution is 5.22. The molecule has 21 heavy (non-hydrogen) atoms. The highest BCUT2D eigenvalue weighted by Crippen LogP contribution is 2.31. The van der Waals surface area contributed by atoms with Crippen LogP contribution in [0.5, 0.6) is 0 Å². The molecule has 2 N–H and O–H groups in total. The van der Waals surface area contributed by atoms with Crippen molar-refractivity contribution in [2.24, 2.45) is 11.7 Å². The van der Waals surface area contributed by atoms with Crippen LogP contribution in [-0.4, -0.2) is 18.8 Å². The summed E-state index contributed by atoms with van der Waals surface area (Å²) in [5, 5.41) is 0. The summed E-state index contributed by atoms with van der Waals surface area (Å²) < 4.78 is 5.71. The number of nitrogens with two attached hydrogens (primary N) is 1. The SMILES string of the molecule is CCC(C)C(c1ccccc1)C(N)CCCC1CCCO1. The van der Waals surface area contributed by atoms with Crippen LogP contribution in [0.2, 0.25) is 0 Å². The molecule has 2 heteroatoms. The molecule has 4 atom stereocenters. The lowest BCUT2D eigenvalue weighted by atomic mass is 9.79. The zero-order valence-electron chi connectivity index (χ0n) is 13.6. The van der Waals surface area contributed by atoms with E-state index < -0.39 is 0 Å². The van der Waals surface area contributed by atoms with Gasteiger partial charge in [0.1, 0.15) is 0 Å². The predicted molar refractivity (Wildman–Crippen MR) is 89.4 cm³/mol. The molecule has 1 aliphatic rings. The molecule has 2 nitrogen and oxygen atoms in total. The van der Waals surface area contributed by atoms with E-state index in [9.17, 15) is 0 Å². The smallest absolute Gasteiger partial charge is 0.0576 e. The van der Waals surface area contributed by atoms with E-state index in [0.717, 1.165) is 13.0 Å². The van der Waals surface area contributed by atoms with Gasteiger partial charge in [-0.05, 0) is 43.6 Å². The molecule has 1 aromatic rings. The summed E-state index contributed by atoms with van der Waals surface area (Å²) in [5.74, 6) is 1.10. The van der Waals surface area contributed by atoms with Crippen LogP contribution in [-0.2, 0) is 4.74 Å². The Balaban J connectivity index is 1.89. The Morgan fingerprint density at radius 1 is 1.29 bits per heavy atom. The molecule has 1 saturated heterocycles. The van der Waals surface area contributed by atoms with Crippen LogP contribution in [0.15, 0.2) is 30.3 Å². The minimum Gasteiger partial charge on any atom is -0.378 e. The second-order valence-electron chi connectivity index (χ2n) is 6.55. The second-order valence-corrected chi connectivity index (χ2v) is 6.55. The summed E-state index contributed by atoms with van der Waals surface area (Å²) in [6, 6.07) is 11.1. The van der Waals surface area contributed by atoms with E-state index in [1.807, 2.05) is 0 Å². The molecule has 0 aliphatic carbocycles. The third-order valence-electron chi connectivity index (χ3n) is 4.99. The van der Waals surface area contributed by atoms with Gasteiger partial charge in [0.05, 0.1) is 6.10 Å². The quantitative estimate of drug-likeness (QED) is 0.765. The fourth-order valence-electron chi connectivity index (χ4n) is 3.56. The number of rotatable bonds is 8. The van der Waals surface area contributed by atoms with Gasteiger partial charge in [0.2, 0.25) is 0 Å². The van der Waals surface area contributed by atoms with Gasteiger partial charge in [-0.1, -0.05) is 50.6 Å². The fraction of sp³-hybridized carbons (Fsp3) is 0.684. The fourth-order valence-corrected chi connectivity index (χ4v) is 3.56. The monoisotopic (exact) mass is 289 g/mol. The summed E-state index contributed by atoms with van der Waals surface area (Å²) in [4.78, 5) is 0. The van der Waals surface area contributed by atoms with E-state index >= 15 is 0 Å². The van der Waals surface area contributed by atoms with E-state index in [-0.39, 0.29) is 6.04 Å². The van der Waals surface area contributed by atoms with E-state index in [2.05, 4.69) is 44.2 Å². The van der Waals surface area contributed by atoms with Gasteiger partial charge in [-0.2, -0.15) is 0 Å². The summed E-state index contributed by atoms with van der Waals surface area (Å²) in [6.07, 6.45) is 7.61. The molecule has 0 amide bonds. The van der Waals surface area contributed by atoms with Crippen molar-refractivity contribution in [3.8, 4) is 0 Å². The van der Waals surface area contributed by atoms with Crippen molar-refractivity contribution in [3.63, 3.8) is 0 Å². The van der Waals surface area contributed by atoms with Crippen molar-refractivity contribution in [2.45, 2.75) is 70.4 Å². The molecule has 0 bridgehead atoms. The summed E-state index contributed by atoms with van der Waals surface area (Å²) >= 11 is 0. The first kappa shape index (κ1) is 16.5. The lowest BCUT2D eigenvalue weighted by Crippen LogP contribution is -2.32. The largest absolute Gasteiger partial charge is 0.378 e. The van der Waals surface area contributed by atoms with Crippen molar-refractivity contribution in [1.29, 1.82) is 0 Å². The number of hydrogen-bond acceptors (Lipinski definition) is 2. The van der Waals surface area contributed by atoms with Crippen LogP contribution in [0.3, 0.4) is 0 Å². The van der Waals surface area contributed by atoms with Crippen LogP contribution in [0.4, 0.5) is 0 Å². The van der Waals surface area contributed by atoms with Gasteiger partial charge in [-0.25, -0.2) is 0 Å². The zero-order chi connectivity index (χ0) is 15.1. The normalized spacial score (nSPS) is 22.9. The van der Waals surface area contributed by atoms with Gasteiger partial charge < -0.3 is 10.5 Å². The first-order valence-corrected chi connectivity index (χ1v) is 8.64. The number of benzene rings is 1. The first-order valence-electron chi connectivity index (χ1n) is 8.64. The standard InChI is InChI=1S/C19H31NO/c1-3-15(2)19(16-9-5-4-6-10-16)18(20)13-7-11-17-12-8-14-21-17/h4-6,9-10,15,17-19H,3,7-8,11-14,20H2,1-2H3. The van der Waals surface area contributed by atoms with Gasteiger partial charge in [-0.3, -0.25) is 0 Å². The van der Waals surface area contributed by atoms with Gasteiger partial charge in [-0.15, -0.1) is 0 Å². The Morgan fingerprint density at radius 3 is 2.67 bits per heavy atom. The van der Waals surface area contributed by atoms with Crippen LogP contribution in [0, 0.1) is 5.92 Å². The average molecular weight is 289 g/mol. The molecule has 0 radical (unpaired) electrons. The summed E-state index contributed by atoms with van der Waals surface area (Å²) in [6.45, 7) is 5.55. The number of hydrogen-bond donors (Lipinski definition) is 1. The van der Waals surface area contributed by atoms with Gasteiger partial charge in [0.15, 0.2) is 0 Å². The van der Waals surface area contributed by atoms with Gasteiger partial charge in [0.25, 0.3) is 0 Å². The van der Waals surface area contributed by atoms with Crippen LogP contribution < -0.4 is 5.73 Å². The molecule has 118 valence electrons. The summed E-state index contributed by atoms with van der Waals surface area (Å²) in [5.41, 5.74) is 7.97. The van der Waals surface area contributed by atoms with Crippen molar-refractivity contribution in [1.82, 2.24) is 0 Å². The van der Waals surface area contributed by atoms with Crippen LogP contribution in [0.25, 0.3) is 0 Å². The Morgan fingerprint density at radius 2 is 2.05 bits per heavy atom. The molecular weight excluding hydrogens is 258 g/mol. The number of ether oxygens (including phenoxy) is 1. The minimum atomic E-state index is 0.253. The molecule has 0 aromatic heterocycles. The third-order valence-corrected chi connectivity index (χ3v) is 4.99. The molecule has 1 aliphatic heterocycles. The maximum absolute atomic E-state index is 6.57. The molecule has 4 unspecified atom stereocenters. The van der Waals surface area contributed by atoms with E-state index in [4.69, 9.17) is 10.5 Å². The first-order chi connectivity index (χ1) is 10.2. The van der Waals surface area contributed by atoms with Crippen molar-refractivity contribution in [2.75, 3.05) is 6.61 Å². The molecule has 2 rings (SSSR count). The van der Waals surface area contributed by atoms with Crippen molar-refractivity contribution >= 4 is 0 Å². The van der Waals surface area contributed by atoms with Crippen molar-refractivity contribution < 1.29 is 4.74 Å². The maximum atomic E-state index is 6.57. The van der Waals surface area contributed by atoms with Gasteiger partial charge >= 0.3 is 0 Å². The Bertz CT molecular complexity index is 386.